The summed E-state index contributed by atoms with van der Waals surface area (Å²) >= 11 is 10.5. The molecule has 2 rings (SSSR count). The number of pyridine rings is 1. The van der Waals surface area contributed by atoms with Crippen molar-refractivity contribution >= 4 is 34.6 Å². The van der Waals surface area contributed by atoms with Gasteiger partial charge in [-0.2, -0.15) is 18.3 Å². The fourth-order valence-corrected chi connectivity index (χ4v) is 2.14. The van der Waals surface area contributed by atoms with Gasteiger partial charge < -0.3 is 10.5 Å². The van der Waals surface area contributed by atoms with Gasteiger partial charge in [-0.25, -0.2) is 0 Å². The van der Waals surface area contributed by atoms with E-state index in [1.165, 1.54) is 0 Å². The lowest BCUT2D eigenvalue weighted by molar-refractivity contribution is -0.137. The average molecular weight is 403 g/mol. The van der Waals surface area contributed by atoms with Crippen molar-refractivity contribution in [2.45, 2.75) is 19.7 Å². The summed E-state index contributed by atoms with van der Waals surface area (Å²) in [5.74, 6) is 0.501. The zero-order valence-corrected chi connectivity index (χ0v) is 15.0. The molecule has 5 nitrogen and oxygen atoms in total. The Morgan fingerprint density at radius 1 is 1.35 bits per heavy atom. The van der Waals surface area contributed by atoms with Crippen LogP contribution in [-0.4, -0.2) is 15.8 Å². The first-order chi connectivity index (χ1) is 12.2. The summed E-state index contributed by atoms with van der Waals surface area (Å²) in [6.45, 7) is 1.71. The standard InChI is InChI=1S/C16H14ClF3N4OS/c1-9(23-24-15(21)26)10-2-4-12(5-3-10)25-8-14-13(17)6-11(7-22-14)16(18,19)20/h2-7H,8H2,1H3,(H3,21,24,26)/b23-9-. The molecule has 3 N–H and O–H groups in total. The van der Waals surface area contributed by atoms with Crippen LogP contribution in [0.2, 0.25) is 5.02 Å². The van der Waals surface area contributed by atoms with Crippen molar-refractivity contribution in [3.8, 4) is 5.75 Å². The van der Waals surface area contributed by atoms with Crippen molar-refractivity contribution in [3.05, 3.63) is 58.4 Å². The van der Waals surface area contributed by atoms with Crippen molar-refractivity contribution in [2.75, 3.05) is 0 Å². The Morgan fingerprint density at radius 3 is 2.54 bits per heavy atom. The quantitative estimate of drug-likeness (QED) is 0.451. The number of hydrogen-bond acceptors (Lipinski definition) is 4. The Bertz CT molecular complexity index is 825. The summed E-state index contributed by atoms with van der Waals surface area (Å²) in [4.78, 5) is 3.72. The largest absolute Gasteiger partial charge is 0.487 e. The molecule has 1 heterocycles. The van der Waals surface area contributed by atoms with Crippen LogP contribution in [0.4, 0.5) is 13.2 Å². The van der Waals surface area contributed by atoms with E-state index in [9.17, 15) is 13.2 Å². The van der Waals surface area contributed by atoms with E-state index in [2.05, 4.69) is 27.7 Å². The molecule has 0 aliphatic carbocycles. The number of benzene rings is 1. The molecule has 0 spiro atoms. The van der Waals surface area contributed by atoms with Crippen molar-refractivity contribution in [2.24, 2.45) is 10.8 Å². The molecule has 0 aliphatic rings. The Kier molecular flexibility index (Phi) is 6.38. The number of nitrogens with two attached hydrogens (primary N) is 1. The van der Waals surface area contributed by atoms with E-state index in [0.717, 1.165) is 17.8 Å². The fourth-order valence-electron chi connectivity index (χ4n) is 1.88. The summed E-state index contributed by atoms with van der Waals surface area (Å²) in [6, 6.07) is 7.72. The van der Waals surface area contributed by atoms with Gasteiger partial charge in [-0.1, -0.05) is 11.6 Å². The van der Waals surface area contributed by atoms with Gasteiger partial charge in [0.2, 0.25) is 0 Å². The Labute approximate surface area is 158 Å². The van der Waals surface area contributed by atoms with E-state index in [4.69, 9.17) is 22.1 Å². The summed E-state index contributed by atoms with van der Waals surface area (Å²) in [5.41, 5.74) is 8.57. The van der Waals surface area contributed by atoms with Gasteiger partial charge in [-0.3, -0.25) is 10.4 Å². The van der Waals surface area contributed by atoms with Gasteiger partial charge >= 0.3 is 6.18 Å². The topological polar surface area (TPSA) is 72.5 Å². The van der Waals surface area contributed by atoms with E-state index >= 15 is 0 Å². The molecule has 0 amide bonds. The van der Waals surface area contributed by atoms with Crippen LogP contribution in [-0.2, 0) is 12.8 Å². The molecule has 0 saturated heterocycles. The number of nitrogens with one attached hydrogen (secondary N) is 1. The van der Waals surface area contributed by atoms with Crippen LogP contribution < -0.4 is 15.9 Å². The summed E-state index contributed by atoms with van der Waals surface area (Å²) in [7, 11) is 0. The van der Waals surface area contributed by atoms with Crippen LogP contribution in [0.5, 0.6) is 5.75 Å². The van der Waals surface area contributed by atoms with Gasteiger partial charge in [0, 0.05) is 6.20 Å². The number of aromatic nitrogens is 1. The molecule has 10 heteroatoms. The zero-order valence-electron chi connectivity index (χ0n) is 13.5. The van der Waals surface area contributed by atoms with Gasteiger partial charge in [-0.05, 0) is 55.0 Å². The first-order valence-electron chi connectivity index (χ1n) is 7.21. The van der Waals surface area contributed by atoms with E-state index in [1.54, 1.807) is 31.2 Å². The van der Waals surface area contributed by atoms with Crippen molar-refractivity contribution in [1.29, 1.82) is 0 Å². The van der Waals surface area contributed by atoms with Crippen molar-refractivity contribution in [1.82, 2.24) is 10.4 Å². The predicted octanol–water partition coefficient (Wildman–Crippen LogP) is 3.89. The second-order valence-corrected chi connectivity index (χ2v) is 5.98. The van der Waals surface area contributed by atoms with Crippen LogP contribution in [0.3, 0.4) is 0 Å². The smallest absolute Gasteiger partial charge is 0.417 e. The molecule has 138 valence electrons. The van der Waals surface area contributed by atoms with Crippen LogP contribution in [0.1, 0.15) is 23.7 Å². The average Bonchev–Trinajstić information content (AvgIpc) is 2.58. The number of hydrazone groups is 1. The molecule has 2 aromatic rings. The molecule has 0 atom stereocenters. The van der Waals surface area contributed by atoms with Crippen molar-refractivity contribution in [3.63, 3.8) is 0 Å². The second kappa shape index (κ2) is 8.33. The third-order valence-corrected chi connectivity index (χ3v) is 3.64. The highest BCUT2D eigenvalue weighted by atomic mass is 35.5. The Hall–Kier alpha value is -2.39. The van der Waals surface area contributed by atoms with Crippen LogP contribution in [0, 0.1) is 0 Å². The molecule has 0 unspecified atom stereocenters. The molecule has 1 aromatic carbocycles. The molecule has 0 fully saturated rings. The van der Waals surface area contributed by atoms with E-state index < -0.39 is 11.7 Å². The number of halogens is 4. The van der Waals surface area contributed by atoms with E-state index in [-0.39, 0.29) is 22.4 Å². The summed E-state index contributed by atoms with van der Waals surface area (Å²) < 4.78 is 43.3. The van der Waals surface area contributed by atoms with Crippen LogP contribution >= 0.6 is 23.8 Å². The lowest BCUT2D eigenvalue weighted by atomic mass is 10.1. The Balaban J connectivity index is 2.02. The van der Waals surface area contributed by atoms with E-state index in [1.807, 2.05) is 0 Å². The highest BCUT2D eigenvalue weighted by Gasteiger charge is 2.31. The molecular weight excluding hydrogens is 389 g/mol. The highest BCUT2D eigenvalue weighted by Crippen LogP contribution is 2.31. The molecule has 1 aromatic heterocycles. The first kappa shape index (κ1) is 19.9. The maximum atomic E-state index is 12.6. The number of nitrogens with zero attached hydrogens (tertiary/aromatic N) is 2. The summed E-state index contributed by atoms with van der Waals surface area (Å²) in [5, 5.41) is 3.95. The lowest BCUT2D eigenvalue weighted by Crippen LogP contribution is -2.25. The number of thiocarbonyl (C=S) groups is 1. The molecule has 0 saturated carbocycles. The van der Waals surface area contributed by atoms with Crippen LogP contribution in [0.15, 0.2) is 41.6 Å². The third-order valence-electron chi connectivity index (χ3n) is 3.23. The number of alkyl halides is 3. The predicted molar refractivity (Wildman–Crippen MR) is 97.2 cm³/mol. The Morgan fingerprint density at radius 2 is 2.00 bits per heavy atom. The molecule has 0 bridgehead atoms. The molecular formula is C16H14ClF3N4OS. The highest BCUT2D eigenvalue weighted by molar-refractivity contribution is 7.80. The normalized spacial score (nSPS) is 12.0. The lowest BCUT2D eigenvalue weighted by Gasteiger charge is -2.10. The second-order valence-electron chi connectivity index (χ2n) is 5.14. The molecule has 0 aliphatic heterocycles. The first-order valence-corrected chi connectivity index (χ1v) is 8.00. The number of hydrogen-bond donors (Lipinski definition) is 2. The van der Waals surface area contributed by atoms with Gasteiger partial charge in [0.1, 0.15) is 12.4 Å². The monoisotopic (exact) mass is 402 g/mol. The van der Waals surface area contributed by atoms with E-state index in [0.29, 0.717) is 11.5 Å². The fraction of sp³-hybridized carbons (Fsp3) is 0.188. The van der Waals surface area contributed by atoms with Gasteiger partial charge in [0.15, 0.2) is 5.11 Å². The number of ether oxygens (including phenoxy) is 1. The summed E-state index contributed by atoms with van der Waals surface area (Å²) in [6.07, 6.45) is -3.77. The molecule has 26 heavy (non-hydrogen) atoms. The zero-order chi connectivity index (χ0) is 19.3. The minimum Gasteiger partial charge on any atom is -0.487 e. The van der Waals surface area contributed by atoms with Gasteiger partial charge in [0.05, 0.1) is 22.0 Å². The maximum absolute atomic E-state index is 12.6. The van der Waals surface area contributed by atoms with Crippen molar-refractivity contribution < 1.29 is 17.9 Å². The molecule has 0 radical (unpaired) electrons. The van der Waals surface area contributed by atoms with Gasteiger partial charge in [0.25, 0.3) is 0 Å². The minimum atomic E-state index is -4.49. The number of rotatable bonds is 5. The third kappa shape index (κ3) is 5.57. The SMILES string of the molecule is C/C(=N/NC(N)=S)c1ccc(OCc2ncc(C(F)(F)F)cc2Cl)cc1. The van der Waals surface area contributed by atoms with Crippen LogP contribution in [0.25, 0.3) is 0 Å². The van der Waals surface area contributed by atoms with Gasteiger partial charge in [-0.15, -0.1) is 0 Å². The maximum Gasteiger partial charge on any atom is 0.417 e. The minimum absolute atomic E-state index is 0.0604.